The first-order valence-corrected chi connectivity index (χ1v) is 4.22. The third-order valence-corrected chi connectivity index (χ3v) is 2.30. The fourth-order valence-electron chi connectivity index (χ4n) is 1.71. The van der Waals surface area contributed by atoms with Crippen LogP contribution in [0.5, 0.6) is 0 Å². The molecule has 2 nitrogen and oxygen atoms in total. The van der Waals surface area contributed by atoms with Crippen LogP contribution in [-0.4, -0.2) is 0 Å². The molecule has 0 fully saturated rings. The minimum Gasteiger partial charge on any atom is -0.493 e. The summed E-state index contributed by atoms with van der Waals surface area (Å²) in [6.45, 7) is 0.643. The molecule has 0 bridgehead atoms. The topological polar surface area (TPSA) is 18.5 Å². The minimum atomic E-state index is 0.643. The van der Waals surface area contributed by atoms with Gasteiger partial charge in [-0.2, -0.15) is 0 Å². The highest BCUT2D eigenvalue weighted by Gasteiger charge is 2.19. The molecule has 0 aromatic heterocycles. The number of ether oxygens (including phenoxy) is 2. The van der Waals surface area contributed by atoms with Gasteiger partial charge in [0.1, 0.15) is 12.9 Å². The van der Waals surface area contributed by atoms with Crippen molar-refractivity contribution in [2.75, 3.05) is 0 Å². The lowest BCUT2D eigenvalue weighted by atomic mass is 9.98. The SMILES string of the molecule is C1=Cc2cccc3c2C(=COC3)O1. The second-order valence-corrected chi connectivity index (χ2v) is 3.10. The fraction of sp³-hybridized carbons (Fsp3) is 0.0909. The van der Waals surface area contributed by atoms with Gasteiger partial charge in [0, 0.05) is 11.1 Å². The molecule has 0 aliphatic carbocycles. The lowest BCUT2D eigenvalue weighted by molar-refractivity contribution is 0.220. The van der Waals surface area contributed by atoms with Gasteiger partial charge in [-0.1, -0.05) is 18.2 Å². The molecule has 1 aromatic carbocycles. The Morgan fingerprint density at radius 2 is 2.23 bits per heavy atom. The van der Waals surface area contributed by atoms with Crippen LogP contribution in [-0.2, 0) is 16.1 Å². The maximum Gasteiger partial charge on any atom is 0.169 e. The molecule has 0 spiro atoms. The quantitative estimate of drug-likeness (QED) is 0.598. The van der Waals surface area contributed by atoms with Gasteiger partial charge in [-0.25, -0.2) is 0 Å². The van der Waals surface area contributed by atoms with Gasteiger partial charge in [0.25, 0.3) is 0 Å². The Morgan fingerprint density at radius 3 is 3.23 bits per heavy atom. The second kappa shape index (κ2) is 2.39. The summed E-state index contributed by atoms with van der Waals surface area (Å²) in [7, 11) is 0. The van der Waals surface area contributed by atoms with E-state index < -0.39 is 0 Å². The van der Waals surface area contributed by atoms with Crippen molar-refractivity contribution < 1.29 is 9.47 Å². The van der Waals surface area contributed by atoms with Crippen LogP contribution in [0.1, 0.15) is 16.7 Å². The van der Waals surface area contributed by atoms with E-state index in [9.17, 15) is 0 Å². The summed E-state index contributed by atoms with van der Waals surface area (Å²) in [6.07, 6.45) is 5.34. The highest BCUT2D eigenvalue weighted by Crippen LogP contribution is 2.32. The zero-order chi connectivity index (χ0) is 8.67. The first kappa shape index (κ1) is 6.78. The largest absolute Gasteiger partial charge is 0.493 e. The van der Waals surface area contributed by atoms with Crippen molar-refractivity contribution in [3.63, 3.8) is 0 Å². The van der Waals surface area contributed by atoms with Gasteiger partial charge in [0.2, 0.25) is 0 Å². The average molecular weight is 172 g/mol. The summed E-state index contributed by atoms with van der Waals surface area (Å²) in [4.78, 5) is 0. The second-order valence-electron chi connectivity index (χ2n) is 3.10. The number of rotatable bonds is 0. The van der Waals surface area contributed by atoms with Crippen molar-refractivity contribution in [1.29, 1.82) is 0 Å². The van der Waals surface area contributed by atoms with E-state index >= 15 is 0 Å². The Balaban J connectivity index is 2.34. The summed E-state index contributed by atoms with van der Waals surface area (Å²) < 4.78 is 10.6. The zero-order valence-electron chi connectivity index (χ0n) is 6.99. The smallest absolute Gasteiger partial charge is 0.169 e. The molecular weight excluding hydrogens is 164 g/mol. The lowest BCUT2D eigenvalue weighted by Gasteiger charge is -2.21. The average Bonchev–Trinajstić information content (AvgIpc) is 2.19. The molecule has 0 N–H and O–H groups in total. The van der Waals surface area contributed by atoms with Crippen LogP contribution in [0.15, 0.2) is 30.7 Å². The molecule has 0 amide bonds. The third kappa shape index (κ3) is 0.886. The van der Waals surface area contributed by atoms with Crippen molar-refractivity contribution in [3.8, 4) is 0 Å². The van der Waals surface area contributed by atoms with Gasteiger partial charge in [-0.15, -0.1) is 0 Å². The van der Waals surface area contributed by atoms with Crippen LogP contribution in [0.3, 0.4) is 0 Å². The van der Waals surface area contributed by atoms with E-state index in [1.165, 1.54) is 16.7 Å². The first-order chi connectivity index (χ1) is 6.45. The molecule has 2 aliphatic rings. The van der Waals surface area contributed by atoms with Gasteiger partial charge in [0.15, 0.2) is 5.76 Å². The van der Waals surface area contributed by atoms with E-state index in [4.69, 9.17) is 9.47 Å². The van der Waals surface area contributed by atoms with Crippen LogP contribution in [0.25, 0.3) is 11.8 Å². The van der Waals surface area contributed by atoms with E-state index in [1.54, 1.807) is 12.5 Å². The van der Waals surface area contributed by atoms with Crippen LogP contribution < -0.4 is 0 Å². The predicted molar refractivity (Wildman–Crippen MR) is 49.3 cm³/mol. The monoisotopic (exact) mass is 172 g/mol. The van der Waals surface area contributed by atoms with Gasteiger partial charge in [-0.05, 0) is 11.6 Å². The molecule has 2 heterocycles. The molecule has 0 saturated heterocycles. The Morgan fingerprint density at radius 1 is 1.23 bits per heavy atom. The third-order valence-electron chi connectivity index (χ3n) is 2.30. The fourth-order valence-corrected chi connectivity index (χ4v) is 1.71. The standard InChI is InChI=1S/C11H8O2/c1-2-8-4-5-13-10-7-12-6-9(3-1)11(8)10/h1-5,7H,6H2. The lowest BCUT2D eigenvalue weighted by Crippen LogP contribution is -2.06. The molecule has 0 radical (unpaired) electrons. The summed E-state index contributed by atoms with van der Waals surface area (Å²) in [5.41, 5.74) is 3.58. The number of hydrogen-bond donors (Lipinski definition) is 0. The summed E-state index contributed by atoms with van der Waals surface area (Å²) in [5.74, 6) is 0.819. The van der Waals surface area contributed by atoms with E-state index in [2.05, 4.69) is 12.1 Å². The number of hydrogen-bond acceptors (Lipinski definition) is 2. The van der Waals surface area contributed by atoms with Gasteiger partial charge < -0.3 is 9.47 Å². The normalized spacial score (nSPS) is 16.8. The Labute approximate surface area is 76.1 Å². The van der Waals surface area contributed by atoms with E-state index in [0.29, 0.717) is 6.61 Å². The first-order valence-electron chi connectivity index (χ1n) is 4.22. The molecule has 13 heavy (non-hydrogen) atoms. The maximum absolute atomic E-state index is 5.34. The van der Waals surface area contributed by atoms with Crippen LogP contribution >= 0.6 is 0 Å². The Kier molecular flexibility index (Phi) is 1.25. The Hall–Kier alpha value is -1.70. The zero-order valence-corrected chi connectivity index (χ0v) is 6.99. The van der Waals surface area contributed by atoms with Gasteiger partial charge in [-0.3, -0.25) is 0 Å². The molecule has 1 aromatic rings. The van der Waals surface area contributed by atoms with Crippen molar-refractivity contribution in [3.05, 3.63) is 47.4 Å². The van der Waals surface area contributed by atoms with Crippen molar-refractivity contribution in [2.45, 2.75) is 6.61 Å². The minimum absolute atomic E-state index is 0.643. The van der Waals surface area contributed by atoms with E-state index in [-0.39, 0.29) is 0 Å². The highest BCUT2D eigenvalue weighted by molar-refractivity contribution is 5.76. The van der Waals surface area contributed by atoms with Gasteiger partial charge in [0.05, 0.1) is 6.26 Å². The predicted octanol–water partition coefficient (Wildman–Crippen LogP) is 2.52. The molecule has 0 unspecified atom stereocenters. The molecule has 64 valence electrons. The molecule has 2 aliphatic heterocycles. The molecule has 0 atom stereocenters. The van der Waals surface area contributed by atoms with Crippen molar-refractivity contribution in [2.24, 2.45) is 0 Å². The summed E-state index contributed by atoms with van der Waals surface area (Å²) >= 11 is 0. The van der Waals surface area contributed by atoms with E-state index in [0.717, 1.165) is 5.76 Å². The molecule has 3 rings (SSSR count). The molecular formula is C11H8O2. The molecule has 0 saturated carbocycles. The van der Waals surface area contributed by atoms with Gasteiger partial charge >= 0.3 is 0 Å². The summed E-state index contributed by atoms with van der Waals surface area (Å²) in [5, 5.41) is 0. The highest BCUT2D eigenvalue weighted by atomic mass is 16.5. The summed E-state index contributed by atoms with van der Waals surface area (Å²) in [6, 6.07) is 6.18. The Bertz CT molecular complexity index is 416. The van der Waals surface area contributed by atoms with E-state index in [1.807, 2.05) is 12.1 Å². The van der Waals surface area contributed by atoms with Crippen molar-refractivity contribution in [1.82, 2.24) is 0 Å². The van der Waals surface area contributed by atoms with Crippen molar-refractivity contribution >= 4 is 11.8 Å². The molecule has 2 heteroatoms. The van der Waals surface area contributed by atoms with Crippen LogP contribution in [0.2, 0.25) is 0 Å². The van der Waals surface area contributed by atoms with Crippen LogP contribution in [0, 0.1) is 0 Å². The maximum atomic E-state index is 5.34. The number of benzene rings is 1. The van der Waals surface area contributed by atoms with Crippen LogP contribution in [0.4, 0.5) is 0 Å².